The van der Waals surface area contributed by atoms with Gasteiger partial charge in [0.15, 0.2) is 5.65 Å². The lowest BCUT2D eigenvalue weighted by Crippen LogP contribution is -2.47. The number of imidazole rings is 1. The maximum absolute atomic E-state index is 11.7. The molecular formula is C24H27N9O2. The monoisotopic (exact) mass is 473 g/mol. The Hall–Kier alpha value is -4.12. The van der Waals surface area contributed by atoms with Crippen LogP contribution in [0.3, 0.4) is 0 Å². The number of hydrogen-bond donors (Lipinski definition) is 2. The third-order valence-corrected chi connectivity index (χ3v) is 6.03. The van der Waals surface area contributed by atoms with Crippen LogP contribution in [0.25, 0.3) is 22.4 Å². The molecular weight excluding hydrogens is 446 g/mol. The van der Waals surface area contributed by atoms with Gasteiger partial charge in [-0.05, 0) is 24.6 Å². The van der Waals surface area contributed by atoms with Crippen molar-refractivity contribution in [3.8, 4) is 17.1 Å². The number of anilines is 2. The number of aryl methyl sites for hydroxylation is 1. The molecule has 1 aliphatic rings. The number of piperazine rings is 1. The van der Waals surface area contributed by atoms with Crippen LogP contribution < -0.4 is 10.1 Å². The van der Waals surface area contributed by atoms with Crippen LogP contribution in [0.4, 0.5) is 11.5 Å². The molecule has 180 valence electrons. The number of ether oxygens (including phenoxy) is 1. The second kappa shape index (κ2) is 9.63. The van der Waals surface area contributed by atoms with Gasteiger partial charge >= 0.3 is 0 Å². The molecule has 0 radical (unpaired) electrons. The first-order valence-electron chi connectivity index (χ1n) is 11.4. The van der Waals surface area contributed by atoms with Crippen molar-refractivity contribution in [3.05, 3.63) is 48.3 Å². The molecule has 5 heterocycles. The van der Waals surface area contributed by atoms with Gasteiger partial charge in [0.05, 0.1) is 25.3 Å². The summed E-state index contributed by atoms with van der Waals surface area (Å²) in [5, 5.41) is 3.37. The zero-order valence-electron chi connectivity index (χ0n) is 19.9. The van der Waals surface area contributed by atoms with E-state index in [1.54, 1.807) is 32.6 Å². The molecule has 1 saturated heterocycles. The van der Waals surface area contributed by atoms with Crippen molar-refractivity contribution < 1.29 is 9.53 Å². The summed E-state index contributed by atoms with van der Waals surface area (Å²) in [6.07, 6.45) is 5.19. The first-order valence-corrected chi connectivity index (χ1v) is 11.4. The van der Waals surface area contributed by atoms with E-state index in [2.05, 4.69) is 36.2 Å². The zero-order valence-corrected chi connectivity index (χ0v) is 19.9. The summed E-state index contributed by atoms with van der Waals surface area (Å²) in [4.78, 5) is 41.6. The highest BCUT2D eigenvalue weighted by Crippen LogP contribution is 2.32. The Balaban J connectivity index is 1.49. The van der Waals surface area contributed by atoms with E-state index in [4.69, 9.17) is 14.7 Å². The van der Waals surface area contributed by atoms with E-state index in [0.717, 1.165) is 60.7 Å². The smallest absolute Gasteiger partial charge is 0.219 e. The van der Waals surface area contributed by atoms with E-state index in [0.29, 0.717) is 23.2 Å². The third kappa shape index (κ3) is 4.90. The van der Waals surface area contributed by atoms with Crippen LogP contribution in [-0.2, 0) is 11.3 Å². The average Bonchev–Trinajstić information content (AvgIpc) is 3.34. The average molecular weight is 474 g/mol. The first kappa shape index (κ1) is 22.7. The fraction of sp³-hybridized carbons (Fsp3) is 0.333. The molecule has 0 atom stereocenters. The molecule has 0 bridgehead atoms. The molecule has 0 unspecified atom stereocenters. The molecule has 2 N–H and O–H groups in total. The summed E-state index contributed by atoms with van der Waals surface area (Å²) in [7, 11) is 1.58. The number of carbonyl (C=O) groups excluding carboxylic acids is 1. The zero-order chi connectivity index (χ0) is 24.4. The van der Waals surface area contributed by atoms with Gasteiger partial charge in [-0.2, -0.15) is 0 Å². The summed E-state index contributed by atoms with van der Waals surface area (Å²) in [5.41, 5.74) is 4.75. The number of hydrogen-bond acceptors (Lipinski definition) is 9. The van der Waals surface area contributed by atoms with Gasteiger partial charge < -0.3 is 19.9 Å². The van der Waals surface area contributed by atoms with Gasteiger partial charge in [-0.15, -0.1) is 0 Å². The number of aromatic nitrogens is 6. The van der Waals surface area contributed by atoms with Crippen molar-refractivity contribution in [3.63, 3.8) is 0 Å². The predicted octanol–water partition coefficient (Wildman–Crippen LogP) is 2.53. The van der Waals surface area contributed by atoms with Gasteiger partial charge in [0.1, 0.15) is 22.9 Å². The molecule has 4 aromatic rings. The van der Waals surface area contributed by atoms with Crippen molar-refractivity contribution in [1.82, 2.24) is 39.7 Å². The van der Waals surface area contributed by atoms with Crippen LogP contribution >= 0.6 is 0 Å². The first-order chi connectivity index (χ1) is 17.0. The summed E-state index contributed by atoms with van der Waals surface area (Å²) >= 11 is 0. The van der Waals surface area contributed by atoms with Crippen LogP contribution in [-0.4, -0.2) is 78.9 Å². The van der Waals surface area contributed by atoms with E-state index in [9.17, 15) is 4.79 Å². The summed E-state index contributed by atoms with van der Waals surface area (Å²) < 4.78 is 5.16. The van der Waals surface area contributed by atoms with E-state index in [-0.39, 0.29) is 5.91 Å². The number of amides is 1. The number of methoxy groups -OCH3 is 1. The fourth-order valence-electron chi connectivity index (χ4n) is 4.20. The molecule has 0 saturated carbocycles. The molecule has 0 aromatic carbocycles. The second-order valence-corrected chi connectivity index (χ2v) is 8.46. The maximum atomic E-state index is 11.7. The van der Waals surface area contributed by atoms with E-state index in [1.165, 1.54) is 0 Å². The van der Waals surface area contributed by atoms with E-state index < -0.39 is 0 Å². The van der Waals surface area contributed by atoms with Gasteiger partial charge in [-0.3, -0.25) is 9.69 Å². The highest BCUT2D eigenvalue weighted by Gasteiger charge is 2.21. The number of carbonyl (C=O) groups is 1. The van der Waals surface area contributed by atoms with Crippen molar-refractivity contribution in [2.24, 2.45) is 0 Å². The normalized spacial score (nSPS) is 14.3. The molecule has 1 amide bonds. The fourth-order valence-corrected chi connectivity index (χ4v) is 4.20. The molecule has 1 aliphatic heterocycles. The van der Waals surface area contributed by atoms with Gasteiger partial charge in [-0.1, -0.05) is 0 Å². The molecule has 5 rings (SSSR count). The predicted molar refractivity (Wildman–Crippen MR) is 131 cm³/mol. The molecule has 35 heavy (non-hydrogen) atoms. The van der Waals surface area contributed by atoms with Gasteiger partial charge in [-0.25, -0.2) is 24.9 Å². The number of fused-ring (bicyclic) bond motifs is 1. The topological polar surface area (TPSA) is 125 Å². The Bertz CT molecular complexity index is 1350. The molecule has 1 fully saturated rings. The molecule has 11 heteroatoms. The lowest BCUT2D eigenvalue weighted by molar-refractivity contribution is -0.130. The minimum absolute atomic E-state index is 0.125. The van der Waals surface area contributed by atoms with Crippen LogP contribution in [0, 0.1) is 6.92 Å². The van der Waals surface area contributed by atoms with Crippen molar-refractivity contribution >= 4 is 28.6 Å². The maximum Gasteiger partial charge on any atom is 0.219 e. The van der Waals surface area contributed by atoms with Crippen molar-refractivity contribution in [2.45, 2.75) is 20.4 Å². The summed E-state index contributed by atoms with van der Waals surface area (Å²) in [6, 6.07) is 5.78. The molecule has 0 aliphatic carbocycles. The number of aromatic amines is 1. The third-order valence-electron chi connectivity index (χ3n) is 6.03. The van der Waals surface area contributed by atoms with Crippen LogP contribution in [0.2, 0.25) is 0 Å². The number of rotatable bonds is 6. The van der Waals surface area contributed by atoms with Gasteiger partial charge in [0, 0.05) is 57.5 Å². The number of nitrogens with zero attached hydrogens (tertiary/aromatic N) is 7. The second-order valence-electron chi connectivity index (χ2n) is 8.46. The number of nitrogens with one attached hydrogen (secondary N) is 2. The van der Waals surface area contributed by atoms with Gasteiger partial charge in [0.25, 0.3) is 0 Å². The van der Waals surface area contributed by atoms with Gasteiger partial charge in [0.2, 0.25) is 11.8 Å². The van der Waals surface area contributed by atoms with Crippen LogP contribution in [0.1, 0.15) is 18.3 Å². The Morgan fingerprint density at radius 1 is 1.11 bits per heavy atom. The summed E-state index contributed by atoms with van der Waals surface area (Å²) in [6.45, 7) is 7.32. The van der Waals surface area contributed by atoms with Crippen molar-refractivity contribution in [1.29, 1.82) is 0 Å². The Morgan fingerprint density at radius 3 is 2.66 bits per heavy atom. The molecule has 11 nitrogen and oxygen atoms in total. The Morgan fingerprint density at radius 2 is 1.94 bits per heavy atom. The van der Waals surface area contributed by atoms with Crippen LogP contribution in [0.5, 0.6) is 5.88 Å². The number of pyridine rings is 2. The Labute approximate surface area is 202 Å². The number of H-pyrrole nitrogens is 1. The minimum Gasteiger partial charge on any atom is -0.481 e. The minimum atomic E-state index is 0.125. The Kier molecular flexibility index (Phi) is 6.23. The largest absolute Gasteiger partial charge is 0.481 e. The molecule has 4 aromatic heterocycles. The summed E-state index contributed by atoms with van der Waals surface area (Å²) in [5.74, 6) is 1.94. The highest BCUT2D eigenvalue weighted by atomic mass is 16.5. The molecule has 0 spiro atoms. The SMILES string of the molecule is COc1ccc(Nc2ncc(CN3CCN(C(C)=O)CC3)cc2-c2nc(C)nc3nc[nH]c23)cn1. The van der Waals surface area contributed by atoms with Crippen molar-refractivity contribution in [2.75, 3.05) is 38.6 Å². The standard InChI is InChI=1S/C24H27N9O2/c1-15-29-21(22-24(30-15)28-14-27-22)19-10-17(13-32-6-8-33(9-7-32)16(2)34)11-26-23(19)31-18-4-5-20(35-3)25-12-18/h4-5,10-12,14H,6-9,13H2,1-3H3,(H,26,31)(H,27,28,29,30). The van der Waals surface area contributed by atoms with Crippen LogP contribution in [0.15, 0.2) is 36.9 Å². The lowest BCUT2D eigenvalue weighted by Gasteiger charge is -2.34. The van der Waals surface area contributed by atoms with E-state index in [1.807, 2.05) is 24.1 Å². The highest BCUT2D eigenvalue weighted by molar-refractivity contribution is 5.91. The lowest BCUT2D eigenvalue weighted by atomic mass is 10.1. The quantitative estimate of drug-likeness (QED) is 0.434. The van der Waals surface area contributed by atoms with E-state index >= 15 is 0 Å².